The van der Waals surface area contributed by atoms with Gasteiger partial charge < -0.3 is 33.8 Å². The van der Waals surface area contributed by atoms with Gasteiger partial charge in [-0.05, 0) is 103 Å². The SMILES string of the molecule is CC/C=C\C/C=C\C/C=C\C/C=C\C/C=C\CC(=O)OCC(COP(=O)(O)OCC(O)COP(=O)(O)OCC(COC(=O)CCCCCCCCCCCCCCCCC)OC(=O)CCCCCCC/C=C\CCCCCC)OC(=O)CCCCCCC/C=C\CCCCCC. The number of unbranched alkanes of at least 4 members (excludes halogenated alkanes) is 32. The first kappa shape index (κ1) is 92.2. The number of ether oxygens (including phenoxy) is 4. The maximum atomic E-state index is 13.1. The lowest BCUT2D eigenvalue weighted by atomic mass is 10.0. The molecule has 0 heterocycles. The minimum absolute atomic E-state index is 0.0665. The van der Waals surface area contributed by atoms with Gasteiger partial charge in [-0.15, -0.1) is 0 Å². The van der Waals surface area contributed by atoms with E-state index in [9.17, 15) is 43.2 Å². The zero-order valence-electron chi connectivity index (χ0n) is 60.5. The van der Waals surface area contributed by atoms with Crippen molar-refractivity contribution in [3.8, 4) is 0 Å². The number of aliphatic hydroxyl groups is 1. The highest BCUT2D eigenvalue weighted by Gasteiger charge is 2.30. The standard InChI is InChI=1S/C77H136O17P2/c1-5-9-13-17-21-25-29-33-35-39-41-45-49-53-57-61-74(79)87-67-72(93-76(81)63-59-55-51-47-43-37-31-27-23-19-15-11-7-3)69-91-95(83,84)89-65-71(78)66-90-96(85,86)92-70-73(94-77(82)64-60-56-52-48-44-38-32-28-24-20-16-12-8-4)68-88-75(80)62-58-54-50-46-42-40-36-34-30-26-22-18-14-10-6-2/h9,13,21,25,27-28,31-33,35,41,45,53,57,71-73,78H,5-8,10-12,14-20,22-24,26,29-30,34,36-40,42-44,46-52,54-56,58-70H2,1-4H3,(H,83,84)(H,85,86)/b13-9-,25-21-,31-27-,32-28-,35-33-,45-41-,57-53-. The van der Waals surface area contributed by atoms with Crippen LogP contribution in [0.1, 0.15) is 323 Å². The molecular formula is C77H136O17P2. The lowest BCUT2D eigenvalue weighted by molar-refractivity contribution is -0.161. The van der Waals surface area contributed by atoms with Crippen molar-refractivity contribution in [3.05, 3.63) is 85.1 Å². The van der Waals surface area contributed by atoms with Crippen molar-refractivity contribution in [3.63, 3.8) is 0 Å². The van der Waals surface area contributed by atoms with Gasteiger partial charge in [0.15, 0.2) is 12.2 Å². The molecule has 0 aromatic heterocycles. The van der Waals surface area contributed by atoms with Crippen LogP contribution >= 0.6 is 15.6 Å². The molecule has 5 atom stereocenters. The summed E-state index contributed by atoms with van der Waals surface area (Å²) >= 11 is 0. The monoisotopic (exact) mass is 1390 g/mol. The lowest BCUT2D eigenvalue weighted by Gasteiger charge is -2.21. The van der Waals surface area contributed by atoms with Crippen molar-refractivity contribution in [1.29, 1.82) is 0 Å². The average molecular weight is 1400 g/mol. The summed E-state index contributed by atoms with van der Waals surface area (Å²) in [4.78, 5) is 72.7. The molecule has 0 saturated carbocycles. The molecule has 0 aliphatic rings. The largest absolute Gasteiger partial charge is 0.472 e. The number of hydrogen-bond donors (Lipinski definition) is 3. The first-order chi connectivity index (χ1) is 46.7. The Bertz CT molecular complexity index is 2160. The Morgan fingerprint density at radius 3 is 0.927 bits per heavy atom. The number of carbonyl (C=O) groups excluding carboxylic acids is 4. The molecule has 0 bridgehead atoms. The zero-order valence-corrected chi connectivity index (χ0v) is 62.3. The molecule has 0 aliphatic heterocycles. The van der Waals surface area contributed by atoms with Crippen LogP contribution in [0.5, 0.6) is 0 Å². The van der Waals surface area contributed by atoms with Crippen LogP contribution in [-0.4, -0.2) is 96.7 Å². The zero-order chi connectivity index (χ0) is 70.4. The molecule has 17 nitrogen and oxygen atoms in total. The van der Waals surface area contributed by atoms with Crippen LogP contribution in [0, 0.1) is 0 Å². The molecule has 5 unspecified atom stereocenters. The Kier molecular flexibility index (Phi) is 67.0. The van der Waals surface area contributed by atoms with Gasteiger partial charge in [0, 0.05) is 19.3 Å². The van der Waals surface area contributed by atoms with E-state index in [-0.39, 0.29) is 25.7 Å². The number of esters is 4. The molecule has 0 saturated heterocycles. The third kappa shape index (κ3) is 68.8. The fraction of sp³-hybridized carbons (Fsp3) is 0.766. The van der Waals surface area contributed by atoms with Gasteiger partial charge in [-0.3, -0.25) is 37.3 Å². The van der Waals surface area contributed by atoms with E-state index in [2.05, 4.69) is 88.5 Å². The van der Waals surface area contributed by atoms with Crippen LogP contribution in [-0.2, 0) is 65.4 Å². The quantitative estimate of drug-likeness (QED) is 0.0169. The molecule has 0 radical (unpaired) electrons. The second-order valence-corrected chi connectivity index (χ2v) is 28.1. The summed E-state index contributed by atoms with van der Waals surface area (Å²) in [7, 11) is -9.96. The van der Waals surface area contributed by atoms with Crippen LogP contribution < -0.4 is 0 Å². The van der Waals surface area contributed by atoms with Crippen molar-refractivity contribution >= 4 is 39.5 Å². The van der Waals surface area contributed by atoms with Gasteiger partial charge in [0.25, 0.3) is 0 Å². The number of carbonyl (C=O) groups is 4. The molecule has 19 heteroatoms. The molecule has 0 fully saturated rings. The summed E-state index contributed by atoms with van der Waals surface area (Å²) in [5, 5.41) is 10.6. The van der Waals surface area contributed by atoms with Crippen LogP contribution in [0.3, 0.4) is 0 Å². The number of phosphoric acid groups is 2. The van der Waals surface area contributed by atoms with E-state index in [1.807, 2.05) is 18.2 Å². The summed E-state index contributed by atoms with van der Waals surface area (Å²) in [5.74, 6) is -2.32. The average Bonchev–Trinajstić information content (AvgIpc) is 1.14. The fourth-order valence-electron chi connectivity index (χ4n) is 10.1. The highest BCUT2D eigenvalue weighted by atomic mass is 31.2. The summed E-state index contributed by atoms with van der Waals surface area (Å²) in [6, 6.07) is 0. The summed E-state index contributed by atoms with van der Waals surface area (Å²) in [6.45, 7) is 4.63. The Morgan fingerprint density at radius 2 is 0.583 bits per heavy atom. The van der Waals surface area contributed by atoms with Crippen molar-refractivity contribution < 1.29 is 80.2 Å². The van der Waals surface area contributed by atoms with Crippen LogP contribution in [0.4, 0.5) is 0 Å². The van der Waals surface area contributed by atoms with E-state index >= 15 is 0 Å². The van der Waals surface area contributed by atoms with Gasteiger partial charge in [0.2, 0.25) is 0 Å². The van der Waals surface area contributed by atoms with E-state index in [1.165, 1.54) is 122 Å². The first-order valence-corrected chi connectivity index (χ1v) is 40.8. The topological polar surface area (TPSA) is 237 Å². The summed E-state index contributed by atoms with van der Waals surface area (Å²) in [5.41, 5.74) is 0. The van der Waals surface area contributed by atoms with Crippen molar-refractivity contribution in [2.24, 2.45) is 0 Å². The minimum atomic E-state index is -4.99. The van der Waals surface area contributed by atoms with Gasteiger partial charge in [-0.25, -0.2) is 9.13 Å². The van der Waals surface area contributed by atoms with Gasteiger partial charge in [-0.1, -0.05) is 280 Å². The molecule has 0 rings (SSSR count). The van der Waals surface area contributed by atoms with Gasteiger partial charge in [0.1, 0.15) is 19.3 Å². The first-order valence-electron chi connectivity index (χ1n) is 37.8. The Labute approximate surface area is 583 Å². The molecular weight excluding hydrogens is 1260 g/mol. The Balaban J connectivity index is 5.39. The number of rotatable bonds is 71. The molecule has 96 heavy (non-hydrogen) atoms. The molecule has 0 spiro atoms. The van der Waals surface area contributed by atoms with E-state index in [1.54, 1.807) is 6.08 Å². The number of hydrogen-bond acceptors (Lipinski definition) is 15. The minimum Gasteiger partial charge on any atom is -0.462 e. The van der Waals surface area contributed by atoms with Crippen molar-refractivity contribution in [2.45, 2.75) is 341 Å². The van der Waals surface area contributed by atoms with E-state index in [4.69, 9.17) is 37.0 Å². The van der Waals surface area contributed by atoms with Crippen LogP contribution in [0.2, 0.25) is 0 Å². The highest BCUT2D eigenvalue weighted by Crippen LogP contribution is 2.45. The number of aliphatic hydroxyl groups excluding tert-OH is 1. The number of allylic oxidation sites excluding steroid dienone is 13. The predicted molar refractivity (Wildman–Crippen MR) is 390 cm³/mol. The van der Waals surface area contributed by atoms with Crippen LogP contribution in [0.15, 0.2) is 85.1 Å². The molecule has 0 aliphatic carbocycles. The lowest BCUT2D eigenvalue weighted by Crippen LogP contribution is -2.30. The fourth-order valence-corrected chi connectivity index (χ4v) is 11.7. The Hall–Kier alpha value is -3.76. The van der Waals surface area contributed by atoms with Gasteiger partial charge in [0.05, 0.1) is 32.8 Å². The van der Waals surface area contributed by atoms with Crippen LogP contribution in [0.25, 0.3) is 0 Å². The van der Waals surface area contributed by atoms with Gasteiger partial charge in [-0.2, -0.15) is 0 Å². The smallest absolute Gasteiger partial charge is 0.462 e. The van der Waals surface area contributed by atoms with E-state index in [0.29, 0.717) is 25.7 Å². The summed E-state index contributed by atoms with van der Waals surface area (Å²) in [6.07, 6.45) is 70.4. The maximum absolute atomic E-state index is 13.1. The highest BCUT2D eigenvalue weighted by molar-refractivity contribution is 7.47. The molecule has 556 valence electrons. The van der Waals surface area contributed by atoms with Crippen molar-refractivity contribution in [2.75, 3.05) is 39.6 Å². The molecule has 0 amide bonds. The normalized spacial score (nSPS) is 14.4. The van der Waals surface area contributed by atoms with E-state index in [0.717, 1.165) is 122 Å². The third-order valence-electron chi connectivity index (χ3n) is 15.9. The maximum Gasteiger partial charge on any atom is 0.472 e. The van der Waals surface area contributed by atoms with E-state index < -0.39 is 97.5 Å². The Morgan fingerprint density at radius 1 is 0.312 bits per heavy atom. The third-order valence-corrected chi connectivity index (χ3v) is 17.8. The summed E-state index contributed by atoms with van der Waals surface area (Å²) < 4.78 is 68.3. The second-order valence-electron chi connectivity index (χ2n) is 25.2. The van der Waals surface area contributed by atoms with Crippen molar-refractivity contribution in [1.82, 2.24) is 0 Å². The molecule has 3 N–H and O–H groups in total. The van der Waals surface area contributed by atoms with Gasteiger partial charge >= 0.3 is 39.5 Å². The molecule has 0 aromatic carbocycles. The predicted octanol–water partition coefficient (Wildman–Crippen LogP) is 21.4. The second kappa shape index (κ2) is 69.7. The molecule has 0 aromatic rings. The number of phosphoric ester groups is 2.